The summed E-state index contributed by atoms with van der Waals surface area (Å²) < 4.78 is 0. The summed E-state index contributed by atoms with van der Waals surface area (Å²) in [5, 5.41) is 10.3. The maximum atomic E-state index is 12.6. The summed E-state index contributed by atoms with van der Waals surface area (Å²) in [6, 6.07) is 6.86. The molecule has 1 saturated carbocycles. The fraction of sp³-hybridized carbons (Fsp3) is 0.556. The highest BCUT2D eigenvalue weighted by Gasteiger charge is 2.41. The predicted molar refractivity (Wildman–Crippen MR) is 80.3 cm³/mol. The molecule has 1 aromatic carbocycles. The molecule has 2 aliphatic carbocycles. The molecule has 0 amide bonds. The minimum absolute atomic E-state index is 0.0590. The van der Waals surface area contributed by atoms with Crippen LogP contribution in [0.1, 0.15) is 59.7 Å². The normalized spacial score (nSPS) is 32.9. The van der Waals surface area contributed by atoms with Crippen LogP contribution in [0.3, 0.4) is 0 Å². The van der Waals surface area contributed by atoms with Crippen LogP contribution >= 0.6 is 0 Å². The Balaban J connectivity index is 1.80. The summed E-state index contributed by atoms with van der Waals surface area (Å²) in [6.45, 7) is 2.26. The highest BCUT2D eigenvalue weighted by Crippen LogP contribution is 2.36. The summed E-state index contributed by atoms with van der Waals surface area (Å²) >= 11 is 0. The number of carbonyl (C=O) groups excluding carboxylic acids is 2. The fourth-order valence-electron chi connectivity index (χ4n) is 3.76. The third kappa shape index (κ3) is 2.67. The van der Waals surface area contributed by atoms with Crippen molar-refractivity contribution in [2.75, 3.05) is 0 Å². The van der Waals surface area contributed by atoms with Gasteiger partial charge in [-0.3, -0.25) is 9.59 Å². The second-order valence-corrected chi connectivity index (χ2v) is 6.69. The molecular formula is C18H22O3. The summed E-state index contributed by atoms with van der Waals surface area (Å²) in [6.07, 6.45) is 4.07. The van der Waals surface area contributed by atoms with E-state index in [1.165, 1.54) is 12.8 Å². The van der Waals surface area contributed by atoms with Crippen LogP contribution in [-0.2, 0) is 0 Å². The molecule has 3 nitrogen and oxygen atoms in total. The van der Waals surface area contributed by atoms with Gasteiger partial charge in [0.1, 0.15) is 6.10 Å². The third-order valence-electron chi connectivity index (χ3n) is 5.17. The van der Waals surface area contributed by atoms with Gasteiger partial charge in [-0.05, 0) is 18.3 Å². The maximum Gasteiger partial charge on any atom is 0.192 e. The van der Waals surface area contributed by atoms with E-state index in [1.54, 1.807) is 24.3 Å². The number of hydrogen-bond acceptors (Lipinski definition) is 3. The van der Waals surface area contributed by atoms with Crippen molar-refractivity contribution in [2.24, 2.45) is 17.8 Å². The van der Waals surface area contributed by atoms with E-state index in [0.29, 0.717) is 23.5 Å². The van der Waals surface area contributed by atoms with Crippen molar-refractivity contribution in [1.82, 2.24) is 0 Å². The van der Waals surface area contributed by atoms with E-state index in [1.807, 2.05) is 0 Å². The van der Waals surface area contributed by atoms with E-state index >= 15 is 0 Å². The number of rotatable bonds is 2. The molecule has 3 rings (SSSR count). The van der Waals surface area contributed by atoms with Gasteiger partial charge in [-0.1, -0.05) is 56.9 Å². The zero-order valence-corrected chi connectivity index (χ0v) is 12.4. The minimum Gasteiger partial charge on any atom is -0.384 e. The Labute approximate surface area is 125 Å². The molecule has 0 radical (unpaired) electrons. The predicted octanol–water partition coefficient (Wildman–Crippen LogP) is 3.26. The molecule has 0 saturated heterocycles. The number of aliphatic hydroxyl groups excluding tert-OH is 1. The molecule has 1 fully saturated rings. The molecule has 1 N–H and O–H groups in total. The van der Waals surface area contributed by atoms with Crippen LogP contribution in [0, 0.1) is 17.8 Å². The minimum atomic E-state index is -1.16. The largest absolute Gasteiger partial charge is 0.384 e. The third-order valence-corrected chi connectivity index (χ3v) is 5.17. The van der Waals surface area contributed by atoms with E-state index in [0.717, 1.165) is 18.8 Å². The number of benzene rings is 1. The van der Waals surface area contributed by atoms with E-state index < -0.39 is 12.0 Å². The topological polar surface area (TPSA) is 54.4 Å². The van der Waals surface area contributed by atoms with Gasteiger partial charge in [0, 0.05) is 11.1 Å². The fourth-order valence-corrected chi connectivity index (χ4v) is 3.76. The first-order valence-corrected chi connectivity index (χ1v) is 7.93. The lowest BCUT2D eigenvalue weighted by molar-refractivity contribution is 0.0442. The molecule has 0 aromatic heterocycles. The highest BCUT2D eigenvalue weighted by molar-refractivity contribution is 6.16. The van der Waals surface area contributed by atoms with Gasteiger partial charge in [-0.2, -0.15) is 0 Å². The van der Waals surface area contributed by atoms with Crippen LogP contribution in [0.4, 0.5) is 0 Å². The Morgan fingerprint density at radius 3 is 2.19 bits per heavy atom. The lowest BCUT2D eigenvalue weighted by Gasteiger charge is -2.32. The number of carbonyl (C=O) groups is 2. The number of ketones is 2. The van der Waals surface area contributed by atoms with Gasteiger partial charge in [0.2, 0.25) is 0 Å². The molecule has 112 valence electrons. The van der Waals surface area contributed by atoms with Gasteiger partial charge in [0.15, 0.2) is 11.6 Å². The number of hydrogen-bond donors (Lipinski definition) is 1. The first-order chi connectivity index (χ1) is 10.1. The Morgan fingerprint density at radius 2 is 1.57 bits per heavy atom. The van der Waals surface area contributed by atoms with Crippen molar-refractivity contribution >= 4 is 11.6 Å². The lowest BCUT2D eigenvalue weighted by Crippen LogP contribution is -2.42. The summed E-state index contributed by atoms with van der Waals surface area (Å²) in [5.74, 6) is 0.319. The monoisotopic (exact) mass is 286 g/mol. The molecule has 2 unspecified atom stereocenters. The molecule has 3 heteroatoms. The molecule has 0 spiro atoms. The van der Waals surface area contributed by atoms with Crippen LogP contribution in [0.2, 0.25) is 0 Å². The van der Waals surface area contributed by atoms with E-state index in [9.17, 15) is 14.7 Å². The molecular weight excluding hydrogens is 264 g/mol. The van der Waals surface area contributed by atoms with Gasteiger partial charge in [0.05, 0.1) is 5.92 Å². The number of fused-ring (bicyclic) bond motifs is 1. The SMILES string of the molecule is CC1CCC(CC2C(=O)c3ccccc3C(=O)C2O)CC1. The second kappa shape index (κ2) is 5.72. The van der Waals surface area contributed by atoms with Crippen LogP contribution in [0.15, 0.2) is 24.3 Å². The molecule has 2 atom stereocenters. The Morgan fingerprint density at radius 1 is 1.00 bits per heavy atom. The highest BCUT2D eigenvalue weighted by atomic mass is 16.3. The molecule has 2 aliphatic rings. The lowest BCUT2D eigenvalue weighted by atomic mass is 9.72. The summed E-state index contributed by atoms with van der Waals surface area (Å²) in [7, 11) is 0. The number of Topliss-reactive ketones (excluding diaryl/α,β-unsaturated/α-hetero) is 2. The van der Waals surface area contributed by atoms with E-state index in [4.69, 9.17) is 0 Å². The smallest absolute Gasteiger partial charge is 0.192 e. The Bertz CT molecular complexity index is 555. The Kier molecular flexibility index (Phi) is 3.94. The van der Waals surface area contributed by atoms with Crippen LogP contribution in [0.5, 0.6) is 0 Å². The summed E-state index contributed by atoms with van der Waals surface area (Å²) in [4.78, 5) is 24.9. The molecule has 0 bridgehead atoms. The van der Waals surface area contributed by atoms with Crippen molar-refractivity contribution in [3.63, 3.8) is 0 Å². The Hall–Kier alpha value is -1.48. The standard InChI is InChI=1S/C18H22O3/c1-11-6-8-12(9-7-11)10-15-16(19)13-4-2-3-5-14(13)17(20)18(15)21/h2-5,11-12,15,18,21H,6-10H2,1H3. The van der Waals surface area contributed by atoms with Gasteiger partial charge < -0.3 is 5.11 Å². The molecule has 0 heterocycles. The summed E-state index contributed by atoms with van der Waals surface area (Å²) in [5.41, 5.74) is 0.866. The first-order valence-electron chi connectivity index (χ1n) is 7.93. The second-order valence-electron chi connectivity index (χ2n) is 6.69. The van der Waals surface area contributed by atoms with Crippen molar-refractivity contribution in [3.8, 4) is 0 Å². The van der Waals surface area contributed by atoms with Gasteiger partial charge in [0.25, 0.3) is 0 Å². The van der Waals surface area contributed by atoms with Crippen molar-refractivity contribution < 1.29 is 14.7 Å². The van der Waals surface area contributed by atoms with Crippen molar-refractivity contribution in [1.29, 1.82) is 0 Å². The average molecular weight is 286 g/mol. The molecule has 21 heavy (non-hydrogen) atoms. The number of aliphatic hydroxyl groups is 1. The van der Waals surface area contributed by atoms with Crippen LogP contribution in [0.25, 0.3) is 0 Å². The average Bonchev–Trinajstić information content (AvgIpc) is 2.51. The molecule has 1 aromatic rings. The van der Waals surface area contributed by atoms with E-state index in [2.05, 4.69) is 6.92 Å². The quantitative estimate of drug-likeness (QED) is 0.908. The van der Waals surface area contributed by atoms with E-state index in [-0.39, 0.29) is 11.6 Å². The first kappa shape index (κ1) is 14.5. The zero-order valence-electron chi connectivity index (χ0n) is 12.4. The van der Waals surface area contributed by atoms with Gasteiger partial charge >= 0.3 is 0 Å². The van der Waals surface area contributed by atoms with Crippen LogP contribution < -0.4 is 0 Å². The van der Waals surface area contributed by atoms with Crippen molar-refractivity contribution in [2.45, 2.75) is 45.1 Å². The van der Waals surface area contributed by atoms with Crippen molar-refractivity contribution in [3.05, 3.63) is 35.4 Å². The van der Waals surface area contributed by atoms with Gasteiger partial charge in [-0.25, -0.2) is 0 Å². The maximum absolute atomic E-state index is 12.6. The molecule has 0 aliphatic heterocycles. The van der Waals surface area contributed by atoms with Gasteiger partial charge in [-0.15, -0.1) is 0 Å². The van der Waals surface area contributed by atoms with Crippen LogP contribution in [-0.4, -0.2) is 22.8 Å². The zero-order chi connectivity index (χ0) is 15.0.